The molecule has 316 valence electrons. The van der Waals surface area contributed by atoms with Crippen molar-refractivity contribution < 1.29 is 87.3 Å². The quantitative estimate of drug-likeness (QED) is 0.0417. The standard InChI is InChI=1S/C36H44N4O18/c41-28(37-8-12-54-10-6-30(43)39(17-32(45)46)18-33(47)48)22-56-26-14-25(36(53)58-21-24-4-2-1-3-5-24)15-27(16-26)57-23-29(42)38-9-13-55-11-7-31(44)40(19-34(49)50)20-35(51)52/h1-5,14-16H,6-13,17-23H2,(H,37,41)(H,38,42)(H,45,46)(H,47,48)(H,49,50)(H,51,52). The molecule has 0 saturated heterocycles. The third kappa shape index (κ3) is 20.8. The Morgan fingerprint density at radius 1 is 0.552 bits per heavy atom. The second-order valence-corrected chi connectivity index (χ2v) is 11.8. The molecule has 4 amide bonds. The lowest BCUT2D eigenvalue weighted by atomic mass is 10.2. The van der Waals surface area contributed by atoms with E-state index in [4.69, 9.17) is 44.1 Å². The Kier molecular flexibility index (Phi) is 21.3. The highest BCUT2D eigenvalue weighted by molar-refractivity contribution is 5.90. The molecule has 0 aliphatic carbocycles. The van der Waals surface area contributed by atoms with Crippen molar-refractivity contribution in [3.8, 4) is 11.5 Å². The highest BCUT2D eigenvalue weighted by Gasteiger charge is 2.21. The van der Waals surface area contributed by atoms with Gasteiger partial charge in [0.25, 0.3) is 11.8 Å². The maximum absolute atomic E-state index is 12.9. The lowest BCUT2D eigenvalue weighted by Gasteiger charge is -2.18. The highest BCUT2D eigenvalue weighted by Crippen LogP contribution is 2.24. The van der Waals surface area contributed by atoms with Crippen LogP contribution < -0.4 is 20.1 Å². The Labute approximate surface area is 330 Å². The number of rotatable bonds is 29. The van der Waals surface area contributed by atoms with Crippen molar-refractivity contribution >= 4 is 53.5 Å². The van der Waals surface area contributed by atoms with Crippen LogP contribution in [-0.4, -0.2) is 163 Å². The lowest BCUT2D eigenvalue weighted by Crippen LogP contribution is -2.39. The van der Waals surface area contributed by atoms with E-state index in [0.29, 0.717) is 9.80 Å². The SMILES string of the molecule is O=C(O)CN(CC(=O)O)C(=O)CCOCCNC(=O)COc1cc(OCC(=O)NCCOCCC(=O)N(CC(=O)O)CC(=O)O)cc(C(=O)OCc2ccccc2)c1. The van der Waals surface area contributed by atoms with Crippen LogP contribution in [0.15, 0.2) is 48.5 Å². The van der Waals surface area contributed by atoms with Gasteiger partial charge in [0.2, 0.25) is 11.8 Å². The Morgan fingerprint density at radius 2 is 0.966 bits per heavy atom. The predicted octanol–water partition coefficient (Wildman–Crippen LogP) is -1.16. The van der Waals surface area contributed by atoms with Crippen LogP contribution in [0.5, 0.6) is 11.5 Å². The summed E-state index contributed by atoms with van der Waals surface area (Å²) in [7, 11) is 0. The average molecular weight is 821 g/mol. The fourth-order valence-electron chi connectivity index (χ4n) is 4.54. The topological polar surface area (TPSA) is 311 Å². The molecule has 0 radical (unpaired) electrons. The third-order valence-electron chi connectivity index (χ3n) is 7.14. The van der Waals surface area contributed by atoms with Crippen molar-refractivity contribution in [2.45, 2.75) is 19.4 Å². The van der Waals surface area contributed by atoms with Gasteiger partial charge in [-0.1, -0.05) is 30.3 Å². The van der Waals surface area contributed by atoms with Crippen molar-refractivity contribution in [3.63, 3.8) is 0 Å². The van der Waals surface area contributed by atoms with E-state index in [2.05, 4.69) is 10.6 Å². The first kappa shape index (κ1) is 47.3. The maximum Gasteiger partial charge on any atom is 0.338 e. The number of nitrogens with one attached hydrogen (secondary N) is 2. The second-order valence-electron chi connectivity index (χ2n) is 11.8. The summed E-state index contributed by atoms with van der Waals surface area (Å²) in [5.41, 5.74) is 0.696. The van der Waals surface area contributed by atoms with Crippen LogP contribution in [0.25, 0.3) is 0 Å². The fraction of sp³-hybridized carbons (Fsp3) is 0.417. The molecule has 58 heavy (non-hydrogen) atoms. The maximum atomic E-state index is 12.9. The summed E-state index contributed by atoms with van der Waals surface area (Å²) in [4.78, 5) is 107. The third-order valence-corrected chi connectivity index (χ3v) is 7.14. The summed E-state index contributed by atoms with van der Waals surface area (Å²) in [6, 6.07) is 12.8. The van der Waals surface area contributed by atoms with Crippen LogP contribution in [0.1, 0.15) is 28.8 Å². The number of aliphatic carboxylic acids is 4. The molecule has 0 bridgehead atoms. The summed E-state index contributed by atoms with van der Waals surface area (Å²) in [6.45, 7) is -4.70. The normalized spacial score (nSPS) is 10.4. The number of carboxylic acids is 4. The van der Waals surface area contributed by atoms with Gasteiger partial charge in [0.05, 0.1) is 44.8 Å². The molecule has 2 aromatic carbocycles. The second kappa shape index (κ2) is 26.1. The number of nitrogens with zero attached hydrogens (tertiary/aromatic N) is 2. The molecule has 2 aromatic rings. The first-order valence-electron chi connectivity index (χ1n) is 17.4. The first-order chi connectivity index (χ1) is 27.6. The molecule has 0 aliphatic rings. The van der Waals surface area contributed by atoms with Crippen LogP contribution >= 0.6 is 0 Å². The van der Waals surface area contributed by atoms with Crippen LogP contribution in [-0.2, 0) is 59.2 Å². The minimum absolute atomic E-state index is 0.00924. The molecule has 0 aromatic heterocycles. The van der Waals surface area contributed by atoms with Gasteiger partial charge in [-0.05, 0) is 17.7 Å². The molecule has 0 heterocycles. The number of carbonyl (C=O) groups excluding carboxylic acids is 5. The van der Waals surface area contributed by atoms with E-state index in [1.54, 1.807) is 30.3 Å². The average Bonchev–Trinajstić information content (AvgIpc) is 3.16. The van der Waals surface area contributed by atoms with Crippen LogP contribution in [0.2, 0.25) is 0 Å². The van der Waals surface area contributed by atoms with Gasteiger partial charge in [-0.25, -0.2) is 4.79 Å². The number of benzene rings is 2. The number of hydrogen-bond acceptors (Lipinski definition) is 14. The Bertz CT molecular complexity index is 1610. The van der Waals surface area contributed by atoms with Crippen LogP contribution in [0, 0.1) is 0 Å². The lowest BCUT2D eigenvalue weighted by molar-refractivity contribution is -0.150. The largest absolute Gasteiger partial charge is 0.484 e. The Hall–Kier alpha value is -6.81. The Morgan fingerprint density at radius 3 is 1.36 bits per heavy atom. The highest BCUT2D eigenvalue weighted by atomic mass is 16.5. The number of hydrogen-bond donors (Lipinski definition) is 6. The van der Waals surface area contributed by atoms with Crippen LogP contribution in [0.3, 0.4) is 0 Å². The zero-order valence-electron chi connectivity index (χ0n) is 31.1. The van der Waals surface area contributed by atoms with Crippen molar-refractivity contribution in [1.29, 1.82) is 0 Å². The zero-order valence-corrected chi connectivity index (χ0v) is 31.1. The summed E-state index contributed by atoms with van der Waals surface area (Å²) in [6.07, 6.45) is -0.579. The van der Waals surface area contributed by atoms with Gasteiger partial charge >= 0.3 is 29.8 Å². The molecule has 22 nitrogen and oxygen atoms in total. The smallest absolute Gasteiger partial charge is 0.338 e. The number of ether oxygens (including phenoxy) is 5. The van der Waals surface area contributed by atoms with Crippen molar-refractivity contribution in [2.75, 3.05) is 78.9 Å². The molecule has 0 unspecified atom stereocenters. The molecule has 0 spiro atoms. The molecule has 22 heteroatoms. The molecular formula is C36H44N4O18. The molecular weight excluding hydrogens is 776 g/mol. The van der Waals surface area contributed by atoms with E-state index < -0.39 is 92.9 Å². The van der Waals surface area contributed by atoms with Gasteiger partial charge in [0.15, 0.2) is 13.2 Å². The fourth-order valence-corrected chi connectivity index (χ4v) is 4.54. The minimum atomic E-state index is -1.37. The predicted molar refractivity (Wildman–Crippen MR) is 194 cm³/mol. The summed E-state index contributed by atoms with van der Waals surface area (Å²) in [5, 5.41) is 40.5. The Balaban J connectivity index is 1.87. The van der Waals surface area contributed by atoms with E-state index in [1.807, 2.05) is 0 Å². The van der Waals surface area contributed by atoms with Gasteiger partial charge < -0.3 is 64.5 Å². The first-order valence-corrected chi connectivity index (χ1v) is 17.4. The van der Waals surface area contributed by atoms with Gasteiger partial charge in [-0.2, -0.15) is 0 Å². The molecule has 0 atom stereocenters. The number of amides is 4. The van der Waals surface area contributed by atoms with E-state index in [0.717, 1.165) is 5.56 Å². The minimum Gasteiger partial charge on any atom is -0.484 e. The molecule has 0 aliphatic heterocycles. The molecule has 6 N–H and O–H groups in total. The van der Waals surface area contributed by atoms with Crippen molar-refractivity contribution in [1.82, 2.24) is 20.4 Å². The number of carboxylic acid groups (broad SMARTS) is 4. The van der Waals surface area contributed by atoms with E-state index in [1.165, 1.54) is 18.2 Å². The monoisotopic (exact) mass is 820 g/mol. The van der Waals surface area contributed by atoms with Gasteiger partial charge in [-0.15, -0.1) is 0 Å². The zero-order chi connectivity index (χ0) is 42.9. The molecule has 0 saturated carbocycles. The summed E-state index contributed by atoms with van der Waals surface area (Å²) in [5.74, 6) is -8.92. The van der Waals surface area contributed by atoms with Gasteiger partial charge in [0, 0.05) is 19.2 Å². The van der Waals surface area contributed by atoms with E-state index in [-0.39, 0.29) is 76.0 Å². The van der Waals surface area contributed by atoms with Crippen molar-refractivity contribution in [2.24, 2.45) is 0 Å². The van der Waals surface area contributed by atoms with Crippen LogP contribution in [0.4, 0.5) is 0 Å². The van der Waals surface area contributed by atoms with E-state index >= 15 is 0 Å². The van der Waals surface area contributed by atoms with Gasteiger partial charge in [0.1, 0.15) is 44.3 Å². The molecule has 2 rings (SSSR count). The van der Waals surface area contributed by atoms with Gasteiger partial charge in [-0.3, -0.25) is 38.4 Å². The number of carbonyl (C=O) groups is 9. The van der Waals surface area contributed by atoms with Crippen molar-refractivity contribution in [3.05, 3.63) is 59.7 Å². The summed E-state index contributed by atoms with van der Waals surface area (Å²) >= 11 is 0. The number of esters is 1. The molecule has 0 fully saturated rings. The van der Waals surface area contributed by atoms with E-state index in [9.17, 15) is 43.2 Å². The summed E-state index contributed by atoms with van der Waals surface area (Å²) < 4.78 is 27.0.